The predicted octanol–water partition coefficient (Wildman–Crippen LogP) is -0.523. The smallest absolute Gasteiger partial charge is 0.414 e. The molecule has 0 radical (unpaired) electrons. The van der Waals surface area contributed by atoms with Crippen molar-refractivity contribution >= 4 is 27.8 Å². The minimum atomic E-state index is -3.44. The highest BCUT2D eigenvalue weighted by atomic mass is 32.2. The van der Waals surface area contributed by atoms with Crippen LogP contribution in [0.4, 0.5) is 4.79 Å². The lowest BCUT2D eigenvalue weighted by atomic mass is 10.4. The Bertz CT molecular complexity index is 894. The van der Waals surface area contributed by atoms with Gasteiger partial charge in [-0.05, 0) is 25.2 Å². The normalized spacial score (nSPS) is 13.6. The van der Waals surface area contributed by atoms with Crippen molar-refractivity contribution < 1.29 is 43.2 Å². The van der Waals surface area contributed by atoms with E-state index in [4.69, 9.17) is 24.5 Å². The van der Waals surface area contributed by atoms with Crippen LogP contribution in [0.5, 0.6) is 0 Å². The average Bonchev–Trinajstić information content (AvgIpc) is 2.88. The average molecular weight is 549 g/mol. The number of benzene rings is 1. The summed E-state index contributed by atoms with van der Waals surface area (Å²) in [5, 5.41) is 17.7. The summed E-state index contributed by atoms with van der Waals surface area (Å²) >= 11 is 0. The summed E-state index contributed by atoms with van der Waals surface area (Å²) in [7, 11) is -3.44. The summed E-state index contributed by atoms with van der Waals surface area (Å²) in [6, 6.07) is 8.19. The van der Waals surface area contributed by atoms with Crippen LogP contribution in [0.1, 0.15) is 13.8 Å². The largest absolute Gasteiger partial charge is 0.473 e. The molecular formula is C23H40N4O9S. The van der Waals surface area contributed by atoms with Crippen LogP contribution >= 0.6 is 0 Å². The molecule has 37 heavy (non-hydrogen) atoms. The van der Waals surface area contributed by atoms with E-state index >= 15 is 0 Å². The Kier molecular flexibility index (Phi) is 17.1. The van der Waals surface area contributed by atoms with E-state index in [1.165, 1.54) is 0 Å². The molecule has 0 saturated carbocycles. The van der Waals surface area contributed by atoms with Crippen molar-refractivity contribution in [3.8, 4) is 0 Å². The molecule has 2 rings (SSSR count). The monoisotopic (exact) mass is 548 g/mol. The Labute approximate surface area is 218 Å². The van der Waals surface area contributed by atoms with E-state index in [0.717, 1.165) is 32.7 Å². The quantitative estimate of drug-likeness (QED) is 0.287. The zero-order chi connectivity index (χ0) is 27.0. The van der Waals surface area contributed by atoms with E-state index in [1.54, 1.807) is 35.2 Å². The summed E-state index contributed by atoms with van der Waals surface area (Å²) < 4.78 is 30.7. The number of aliphatic carboxylic acids is 2. The number of nitrogens with one attached hydrogen (secondary N) is 1. The van der Waals surface area contributed by atoms with Gasteiger partial charge in [-0.2, -0.15) is 0 Å². The third-order valence-corrected chi connectivity index (χ3v) is 7.30. The highest BCUT2D eigenvalue weighted by Crippen LogP contribution is 2.10. The van der Waals surface area contributed by atoms with E-state index in [2.05, 4.69) is 29.0 Å². The van der Waals surface area contributed by atoms with Gasteiger partial charge in [-0.1, -0.05) is 32.0 Å². The first-order valence-electron chi connectivity index (χ1n) is 11.9. The lowest BCUT2D eigenvalue weighted by Gasteiger charge is -2.30. The summed E-state index contributed by atoms with van der Waals surface area (Å²) in [5.74, 6) is -3.74. The molecule has 1 heterocycles. The van der Waals surface area contributed by atoms with E-state index < -0.39 is 21.8 Å². The molecule has 0 unspecified atom stereocenters. The van der Waals surface area contributed by atoms with Gasteiger partial charge in [-0.25, -0.2) is 22.8 Å². The molecular weight excluding hydrogens is 508 g/mol. The Hall–Kier alpha value is -2.78. The van der Waals surface area contributed by atoms with Crippen LogP contribution in [-0.2, 0) is 24.2 Å². The fourth-order valence-corrected chi connectivity index (χ4v) is 4.62. The summed E-state index contributed by atoms with van der Waals surface area (Å²) in [5.41, 5.74) is 0. The van der Waals surface area contributed by atoms with Crippen molar-refractivity contribution in [1.82, 2.24) is 20.0 Å². The highest BCUT2D eigenvalue weighted by Gasteiger charge is 2.21. The number of ether oxygens (including phenoxy) is 1. The molecule has 1 aromatic rings. The Morgan fingerprint density at radius 2 is 1.54 bits per heavy atom. The van der Waals surface area contributed by atoms with Gasteiger partial charge in [0.05, 0.1) is 23.9 Å². The van der Waals surface area contributed by atoms with Gasteiger partial charge in [-0.3, -0.25) is 4.90 Å². The van der Waals surface area contributed by atoms with Gasteiger partial charge < -0.3 is 35.5 Å². The van der Waals surface area contributed by atoms with E-state index in [0.29, 0.717) is 37.7 Å². The minimum absolute atomic E-state index is 0. The number of amides is 2. The van der Waals surface area contributed by atoms with Gasteiger partial charge in [0.15, 0.2) is 9.84 Å². The summed E-state index contributed by atoms with van der Waals surface area (Å²) in [6.07, 6.45) is 0. The predicted molar refractivity (Wildman–Crippen MR) is 137 cm³/mol. The first-order chi connectivity index (χ1) is 17.1. The molecule has 0 atom stereocenters. The second-order valence-corrected chi connectivity index (χ2v) is 10.1. The lowest BCUT2D eigenvalue weighted by molar-refractivity contribution is -0.159. The zero-order valence-electron chi connectivity index (χ0n) is 21.5. The number of likely N-dealkylation sites (N-methyl/N-ethyl adjacent to an activating group) is 1. The molecule has 1 saturated heterocycles. The molecule has 0 bridgehead atoms. The number of morpholine rings is 1. The number of sulfone groups is 1. The molecule has 13 nitrogen and oxygen atoms in total. The Balaban J connectivity index is 0.00000165. The van der Waals surface area contributed by atoms with Gasteiger partial charge in [0, 0.05) is 45.8 Å². The van der Waals surface area contributed by atoms with Crippen LogP contribution in [0.2, 0.25) is 0 Å². The highest BCUT2D eigenvalue weighted by molar-refractivity contribution is 7.91. The zero-order valence-corrected chi connectivity index (χ0v) is 22.3. The third kappa shape index (κ3) is 13.9. The molecule has 1 aliphatic heterocycles. The topological polar surface area (TPSA) is 188 Å². The van der Waals surface area contributed by atoms with Crippen molar-refractivity contribution in [2.24, 2.45) is 0 Å². The van der Waals surface area contributed by atoms with Crippen LogP contribution in [0.15, 0.2) is 35.2 Å². The van der Waals surface area contributed by atoms with Crippen LogP contribution in [-0.4, -0.2) is 135 Å². The van der Waals surface area contributed by atoms with Crippen LogP contribution in [0.25, 0.3) is 0 Å². The maximum absolute atomic E-state index is 12.8. The number of carbonyl (C=O) groups is 3. The molecule has 1 aliphatic rings. The van der Waals surface area contributed by atoms with Crippen LogP contribution in [0.3, 0.4) is 0 Å². The lowest BCUT2D eigenvalue weighted by Crippen LogP contribution is -2.48. The number of hydrogen-bond donors (Lipinski definition) is 3. The van der Waals surface area contributed by atoms with Gasteiger partial charge in [-0.15, -0.1) is 0 Å². The fraction of sp³-hybridized carbons (Fsp3) is 0.609. The van der Waals surface area contributed by atoms with Gasteiger partial charge in [0.2, 0.25) is 0 Å². The number of hydrogen-bond acceptors (Lipinski definition) is 8. The van der Waals surface area contributed by atoms with Crippen molar-refractivity contribution in [1.29, 1.82) is 0 Å². The first kappa shape index (κ1) is 34.2. The molecule has 14 heteroatoms. The van der Waals surface area contributed by atoms with Crippen LogP contribution in [0, 0.1) is 0 Å². The van der Waals surface area contributed by atoms with E-state index in [9.17, 15) is 13.2 Å². The molecule has 2 amide bonds. The molecule has 5 N–H and O–H groups in total. The molecule has 0 spiro atoms. The molecule has 212 valence electrons. The minimum Gasteiger partial charge on any atom is -0.473 e. The summed E-state index contributed by atoms with van der Waals surface area (Å²) in [4.78, 5) is 37.4. The van der Waals surface area contributed by atoms with Crippen molar-refractivity contribution in [2.75, 3.05) is 77.9 Å². The molecule has 0 aromatic heterocycles. The molecule has 1 aromatic carbocycles. The van der Waals surface area contributed by atoms with Gasteiger partial charge in [0.25, 0.3) is 0 Å². The third-order valence-electron chi connectivity index (χ3n) is 5.59. The van der Waals surface area contributed by atoms with Crippen molar-refractivity contribution in [2.45, 2.75) is 18.7 Å². The number of carbonyl (C=O) groups excluding carboxylic acids is 1. The Morgan fingerprint density at radius 1 is 0.973 bits per heavy atom. The second-order valence-electron chi connectivity index (χ2n) is 7.94. The van der Waals surface area contributed by atoms with E-state index in [-0.39, 0.29) is 23.8 Å². The second kappa shape index (κ2) is 18.5. The van der Waals surface area contributed by atoms with Crippen molar-refractivity contribution in [3.63, 3.8) is 0 Å². The SMILES string of the molecule is CCN(CC)CCNC(=O)N(CCN1CCOCC1)CCS(=O)(=O)c1ccccc1.O.O=C(O)C(=O)O. The van der Waals surface area contributed by atoms with Gasteiger partial charge in [0.1, 0.15) is 0 Å². The summed E-state index contributed by atoms with van der Waals surface area (Å²) in [6.45, 7) is 11.8. The number of urea groups is 1. The number of carboxylic acid groups (broad SMARTS) is 2. The van der Waals surface area contributed by atoms with Gasteiger partial charge >= 0.3 is 18.0 Å². The first-order valence-corrected chi connectivity index (χ1v) is 13.5. The van der Waals surface area contributed by atoms with Crippen LogP contribution < -0.4 is 5.32 Å². The maximum Gasteiger partial charge on any atom is 0.414 e. The number of rotatable bonds is 12. The van der Waals surface area contributed by atoms with Crippen molar-refractivity contribution in [3.05, 3.63) is 30.3 Å². The van der Waals surface area contributed by atoms with E-state index in [1.807, 2.05) is 0 Å². The molecule has 0 aliphatic carbocycles. The number of nitrogens with zero attached hydrogens (tertiary/aromatic N) is 3. The fourth-order valence-electron chi connectivity index (χ4n) is 3.35. The maximum atomic E-state index is 12.8. The Morgan fingerprint density at radius 3 is 2.05 bits per heavy atom. The standard InChI is InChI=1S/C21H36N4O4S.C2H2O4.H2O/c1-3-23(4-2)11-10-22-21(26)25(13-12-24-14-17-29-18-15-24)16-19-30(27,28)20-8-6-5-7-9-20;3-1(4)2(5)6;/h5-9H,3-4,10-19H2,1-2H3,(H,22,26);(H,3,4)(H,5,6);1H2. The number of carboxylic acids is 2. The molecule has 1 fully saturated rings.